The zero-order valence-electron chi connectivity index (χ0n) is 32.6. The number of piperazine rings is 1. The van der Waals surface area contributed by atoms with Gasteiger partial charge in [-0.15, -0.1) is 0 Å². The highest BCUT2D eigenvalue weighted by Crippen LogP contribution is 2.36. The molecule has 0 spiro atoms. The molecule has 3 aliphatic rings. The molecule has 3 aliphatic heterocycles. The van der Waals surface area contributed by atoms with Crippen molar-refractivity contribution >= 4 is 40.5 Å². The third kappa shape index (κ3) is 7.56. The summed E-state index contributed by atoms with van der Waals surface area (Å²) in [6, 6.07) is 11.1. The summed E-state index contributed by atoms with van der Waals surface area (Å²) < 4.78 is 22.5. The predicted molar refractivity (Wildman–Crippen MR) is 215 cm³/mol. The Morgan fingerprint density at radius 2 is 1.91 bits per heavy atom. The minimum atomic E-state index is -0.585. The topological polar surface area (TPSA) is 145 Å². The van der Waals surface area contributed by atoms with Crippen molar-refractivity contribution in [2.24, 2.45) is 7.05 Å². The average molecular weight is 765 g/mol. The summed E-state index contributed by atoms with van der Waals surface area (Å²) in [5, 5.41) is 16.9. The number of amides is 2. The lowest BCUT2D eigenvalue weighted by Gasteiger charge is -2.46. The van der Waals surface area contributed by atoms with E-state index in [0.29, 0.717) is 52.6 Å². The maximum absolute atomic E-state index is 15.7. The summed E-state index contributed by atoms with van der Waals surface area (Å²) in [5.74, 6) is -1.29. The molecule has 0 saturated carbocycles. The maximum atomic E-state index is 15.7. The number of carbonyl (C=O) groups is 2. The summed E-state index contributed by atoms with van der Waals surface area (Å²) >= 11 is 0. The summed E-state index contributed by atoms with van der Waals surface area (Å²) in [6.45, 7) is 15.5. The minimum absolute atomic E-state index is 0.00204. The van der Waals surface area contributed by atoms with Crippen LogP contribution in [-0.2, 0) is 35.0 Å². The third-order valence-electron chi connectivity index (χ3n) is 10.9. The molecule has 5 heterocycles. The number of halogens is 1. The molecule has 0 bridgehead atoms. The van der Waals surface area contributed by atoms with Crippen LogP contribution in [0.3, 0.4) is 0 Å². The molecule has 2 fully saturated rings. The van der Waals surface area contributed by atoms with Gasteiger partial charge >= 0.3 is 0 Å². The number of nitrogens with one attached hydrogen (secondary N) is 2. The van der Waals surface area contributed by atoms with Gasteiger partial charge in [0.05, 0.1) is 48.5 Å². The summed E-state index contributed by atoms with van der Waals surface area (Å²) in [6.07, 6.45) is 5.34. The lowest BCUT2D eigenvalue weighted by atomic mass is 9.84. The van der Waals surface area contributed by atoms with Crippen LogP contribution >= 0.6 is 0 Å². The number of carbonyl (C=O) groups excluding carboxylic acids is 2. The second-order valence-corrected chi connectivity index (χ2v) is 15.8. The number of ether oxygens (including phenoxy) is 1. The fourth-order valence-corrected chi connectivity index (χ4v) is 7.72. The molecule has 294 valence electrons. The number of nitrogens with zero attached hydrogens (tertiary/aromatic N) is 6. The van der Waals surface area contributed by atoms with Crippen molar-refractivity contribution in [3.63, 3.8) is 0 Å². The van der Waals surface area contributed by atoms with Gasteiger partial charge in [0.15, 0.2) is 5.82 Å². The standard InChI is InChI=1S/C42H49FN8O5/c1-7-36(53)46-33-19-28(10-11-35(33)50-16-15-49(20-25(50)2)29-23-56-24-29)45-38-41(55)48(6)21-34(47-38)30-12-13-44-39(31(30)22-52)51-14-8-9-26-17-27(42(3,4)5)18-32(43)37(26)40(51)54/h7,10-13,17-19,21,25,29,52H,1,8-9,14-16,20,22-24H2,2-6H3,(H,45,47)(H,46,53). The Kier molecular flexibility index (Phi) is 10.8. The zero-order valence-corrected chi connectivity index (χ0v) is 32.6. The largest absolute Gasteiger partial charge is 0.392 e. The van der Waals surface area contributed by atoms with Crippen molar-refractivity contribution in [2.75, 3.05) is 59.8 Å². The number of rotatable bonds is 9. The molecule has 0 radical (unpaired) electrons. The van der Waals surface area contributed by atoms with Crippen LogP contribution in [0, 0.1) is 5.82 Å². The van der Waals surface area contributed by atoms with E-state index in [9.17, 15) is 19.5 Å². The molecule has 14 heteroatoms. The van der Waals surface area contributed by atoms with E-state index in [4.69, 9.17) is 9.72 Å². The number of aliphatic hydroxyl groups is 1. The maximum Gasteiger partial charge on any atom is 0.293 e. The SMILES string of the molecule is C=CC(=O)Nc1cc(Nc2nc(-c3ccnc(N4CCCc5cc(C(C)(C)C)cc(F)c5C4=O)c3CO)cn(C)c2=O)ccc1N1CCN(C2COC2)CC1C. The molecule has 4 aromatic rings. The Morgan fingerprint density at radius 1 is 1.12 bits per heavy atom. The van der Waals surface area contributed by atoms with Crippen LogP contribution in [0.5, 0.6) is 0 Å². The molecule has 13 nitrogen and oxygen atoms in total. The Labute approximate surface area is 325 Å². The first-order valence-corrected chi connectivity index (χ1v) is 19.0. The van der Waals surface area contributed by atoms with Crippen molar-refractivity contribution in [1.29, 1.82) is 0 Å². The number of anilines is 5. The van der Waals surface area contributed by atoms with Crippen LogP contribution in [0.2, 0.25) is 0 Å². The second kappa shape index (κ2) is 15.6. The van der Waals surface area contributed by atoms with Gasteiger partial charge in [0.1, 0.15) is 11.6 Å². The van der Waals surface area contributed by atoms with E-state index in [1.807, 2.05) is 39.0 Å². The molecule has 2 amide bonds. The number of aromatic nitrogens is 3. The van der Waals surface area contributed by atoms with Crippen molar-refractivity contribution in [3.8, 4) is 11.3 Å². The number of pyridine rings is 1. The number of hydrogen-bond acceptors (Lipinski definition) is 10. The first-order valence-electron chi connectivity index (χ1n) is 19.0. The first kappa shape index (κ1) is 38.8. The fourth-order valence-electron chi connectivity index (χ4n) is 7.72. The molecule has 56 heavy (non-hydrogen) atoms. The number of aliphatic hydroxyl groups excluding tert-OH is 1. The Hall–Kier alpha value is -5.44. The smallest absolute Gasteiger partial charge is 0.293 e. The van der Waals surface area contributed by atoms with Crippen LogP contribution in [-0.4, -0.2) is 87.8 Å². The summed E-state index contributed by atoms with van der Waals surface area (Å²) in [7, 11) is 1.60. The van der Waals surface area contributed by atoms with E-state index >= 15 is 4.39 Å². The van der Waals surface area contributed by atoms with E-state index in [0.717, 1.165) is 44.1 Å². The molecule has 2 saturated heterocycles. The van der Waals surface area contributed by atoms with Gasteiger partial charge in [-0.1, -0.05) is 33.4 Å². The normalized spacial score (nSPS) is 17.9. The van der Waals surface area contributed by atoms with Crippen molar-refractivity contribution in [2.45, 2.75) is 64.6 Å². The minimum Gasteiger partial charge on any atom is -0.392 e. The lowest BCUT2D eigenvalue weighted by Crippen LogP contribution is -2.59. The number of aryl methyl sites for hydroxylation is 2. The van der Waals surface area contributed by atoms with Crippen LogP contribution in [0.4, 0.5) is 33.1 Å². The summed E-state index contributed by atoms with van der Waals surface area (Å²) in [4.78, 5) is 55.5. The Bertz CT molecular complexity index is 2250. The molecular formula is C42H49FN8O5. The van der Waals surface area contributed by atoms with Crippen molar-refractivity contribution in [3.05, 3.63) is 99.9 Å². The monoisotopic (exact) mass is 764 g/mol. The molecule has 0 aliphatic carbocycles. The second-order valence-electron chi connectivity index (χ2n) is 15.8. The van der Waals surface area contributed by atoms with E-state index in [1.165, 1.54) is 27.8 Å². The lowest BCUT2D eigenvalue weighted by molar-refractivity contribution is -0.111. The number of benzene rings is 2. The molecule has 2 aromatic heterocycles. The van der Waals surface area contributed by atoms with Gasteiger partial charge in [0, 0.05) is 68.5 Å². The molecule has 2 aromatic carbocycles. The van der Waals surface area contributed by atoms with Gasteiger partial charge in [-0.3, -0.25) is 24.2 Å². The zero-order chi connectivity index (χ0) is 39.9. The predicted octanol–water partition coefficient (Wildman–Crippen LogP) is 5.14. The van der Waals surface area contributed by atoms with E-state index in [2.05, 4.69) is 38.9 Å². The number of hydrogen-bond donors (Lipinski definition) is 3. The van der Waals surface area contributed by atoms with Crippen LogP contribution in [0.25, 0.3) is 11.3 Å². The van der Waals surface area contributed by atoms with Gasteiger partial charge < -0.3 is 29.9 Å². The van der Waals surface area contributed by atoms with Crippen molar-refractivity contribution in [1.82, 2.24) is 19.4 Å². The average Bonchev–Trinajstić information content (AvgIpc) is 3.30. The Balaban J connectivity index is 1.20. The highest BCUT2D eigenvalue weighted by Gasteiger charge is 2.34. The van der Waals surface area contributed by atoms with Gasteiger partial charge in [0.2, 0.25) is 5.91 Å². The van der Waals surface area contributed by atoms with E-state index in [1.54, 1.807) is 25.4 Å². The molecule has 7 rings (SSSR count). The van der Waals surface area contributed by atoms with Crippen LogP contribution in [0.1, 0.15) is 61.2 Å². The van der Waals surface area contributed by atoms with Crippen LogP contribution in [0.15, 0.2) is 66.2 Å². The van der Waals surface area contributed by atoms with E-state index < -0.39 is 23.9 Å². The first-order chi connectivity index (χ1) is 26.8. The van der Waals surface area contributed by atoms with Crippen LogP contribution < -0.4 is 26.0 Å². The Morgan fingerprint density at radius 3 is 2.59 bits per heavy atom. The van der Waals surface area contributed by atoms with E-state index in [-0.39, 0.29) is 41.1 Å². The van der Waals surface area contributed by atoms with Gasteiger partial charge in [-0.2, -0.15) is 0 Å². The quantitative estimate of drug-likeness (QED) is 0.196. The summed E-state index contributed by atoms with van der Waals surface area (Å²) in [5.41, 5.74) is 3.77. The molecule has 1 unspecified atom stereocenters. The highest BCUT2D eigenvalue weighted by atomic mass is 19.1. The third-order valence-corrected chi connectivity index (χ3v) is 10.9. The van der Waals surface area contributed by atoms with Gasteiger partial charge in [-0.25, -0.2) is 14.4 Å². The number of fused-ring (bicyclic) bond motifs is 1. The van der Waals surface area contributed by atoms with Gasteiger partial charge in [-0.05, 0) is 72.7 Å². The van der Waals surface area contributed by atoms with Crippen molar-refractivity contribution < 1.29 is 23.8 Å². The molecule has 1 atom stereocenters. The molecule has 3 N–H and O–H groups in total. The highest BCUT2D eigenvalue weighted by molar-refractivity contribution is 6.08. The van der Waals surface area contributed by atoms with Gasteiger partial charge in [0.25, 0.3) is 11.5 Å². The molecular weight excluding hydrogens is 716 g/mol. The fraction of sp³-hybridized carbons (Fsp3) is 0.405.